The minimum absolute atomic E-state index is 0.440. The number of hydrogen-bond donors (Lipinski definition) is 2. The number of nitrogen functional groups attached to an aromatic ring is 2. The van der Waals surface area contributed by atoms with Crippen LogP contribution >= 0.6 is 0 Å². The molecule has 4 N–H and O–H groups in total. The van der Waals surface area contributed by atoms with Crippen LogP contribution in [0.15, 0.2) is 36.4 Å². The van der Waals surface area contributed by atoms with Crippen molar-refractivity contribution in [2.45, 2.75) is 13.8 Å². The Morgan fingerprint density at radius 1 is 0.941 bits per heavy atom. The Balaban J connectivity index is 2.31. The molecule has 0 radical (unpaired) electrons. The monoisotopic (exact) mass is 342 g/mol. The molecular weight excluding hydrogens is 324 g/mol. The first-order chi connectivity index (χ1) is 8.08. The Hall–Kier alpha value is -1.17. The molecule has 0 saturated carbocycles. The van der Waals surface area contributed by atoms with Crippen molar-refractivity contribution in [3.8, 4) is 0 Å². The Bertz CT molecular complexity index is 550. The van der Waals surface area contributed by atoms with Gasteiger partial charge in [-0.05, 0) is 0 Å². The summed E-state index contributed by atoms with van der Waals surface area (Å²) in [6, 6.07) is 12.6. The average molecular weight is 340 g/mol. The zero-order valence-electron chi connectivity index (χ0n) is 10.0. The van der Waals surface area contributed by atoms with Crippen LogP contribution in [0.5, 0.6) is 0 Å². The van der Waals surface area contributed by atoms with Gasteiger partial charge in [-0.3, -0.25) is 0 Å². The minimum atomic E-state index is -0.440. The predicted octanol–water partition coefficient (Wildman–Crippen LogP) is 1.12. The molecule has 0 aromatic heterocycles. The molecule has 0 atom stereocenters. The molecule has 2 nitrogen and oxygen atoms in total. The summed E-state index contributed by atoms with van der Waals surface area (Å²) in [6.45, 7) is 4.08. The fourth-order valence-corrected chi connectivity index (χ4v) is 4.39. The van der Waals surface area contributed by atoms with Gasteiger partial charge in [0.15, 0.2) is 0 Å². The van der Waals surface area contributed by atoms with Gasteiger partial charge in [0.2, 0.25) is 0 Å². The van der Waals surface area contributed by atoms with E-state index in [0.29, 0.717) is 0 Å². The van der Waals surface area contributed by atoms with E-state index in [-0.39, 0.29) is 0 Å². The number of aryl methyl sites for hydroxylation is 2. The molecule has 0 heterocycles. The first-order valence-corrected chi connectivity index (χ1v) is 7.80. The zero-order chi connectivity index (χ0) is 12.4. The molecule has 2 aromatic rings. The van der Waals surface area contributed by atoms with Crippen LogP contribution in [-0.2, 0) is 0 Å². The van der Waals surface area contributed by atoms with E-state index in [1.54, 1.807) is 0 Å². The number of anilines is 2. The molecule has 0 saturated heterocycles. The summed E-state index contributed by atoms with van der Waals surface area (Å²) < 4.78 is 2.62. The third-order valence-electron chi connectivity index (χ3n) is 2.76. The first-order valence-electron chi connectivity index (χ1n) is 5.47. The summed E-state index contributed by atoms with van der Waals surface area (Å²) in [7, 11) is 0. The number of nitrogens with two attached hydrogens (primary N) is 2. The van der Waals surface area contributed by atoms with E-state index >= 15 is 0 Å². The van der Waals surface area contributed by atoms with Gasteiger partial charge >= 0.3 is 112 Å². The van der Waals surface area contributed by atoms with E-state index in [1.807, 2.05) is 6.92 Å². The number of rotatable bonds is 2. The van der Waals surface area contributed by atoms with Crippen molar-refractivity contribution in [3.63, 3.8) is 0 Å². The molecule has 0 bridgehead atoms. The molecule has 0 spiro atoms. The molecule has 0 unspecified atom stereocenters. The molecule has 0 aliphatic heterocycles. The van der Waals surface area contributed by atoms with E-state index in [9.17, 15) is 0 Å². The van der Waals surface area contributed by atoms with Gasteiger partial charge in [-0.1, -0.05) is 0 Å². The van der Waals surface area contributed by atoms with Crippen LogP contribution in [0, 0.1) is 13.8 Å². The number of para-hydroxylation sites is 1. The van der Waals surface area contributed by atoms with E-state index in [1.165, 1.54) is 7.22 Å². The molecule has 0 aliphatic carbocycles. The third kappa shape index (κ3) is 2.74. The van der Waals surface area contributed by atoms with Gasteiger partial charge in [0.25, 0.3) is 0 Å². The molecule has 2 rings (SSSR count). The average Bonchev–Trinajstić information content (AvgIpc) is 2.30. The van der Waals surface area contributed by atoms with Crippen LogP contribution in [0.2, 0.25) is 0 Å². The molecule has 88 valence electrons. The molecule has 17 heavy (non-hydrogen) atoms. The normalized spacial score (nSPS) is 10.5. The van der Waals surface area contributed by atoms with Crippen molar-refractivity contribution in [1.29, 1.82) is 0 Å². The van der Waals surface area contributed by atoms with E-state index < -0.39 is 20.9 Å². The van der Waals surface area contributed by atoms with E-state index in [4.69, 9.17) is 11.5 Å². The van der Waals surface area contributed by atoms with Crippen molar-refractivity contribution < 1.29 is 0 Å². The van der Waals surface area contributed by atoms with Gasteiger partial charge in [-0.25, -0.2) is 0 Å². The molecule has 0 aliphatic rings. The van der Waals surface area contributed by atoms with Crippen LogP contribution in [0.1, 0.15) is 11.1 Å². The van der Waals surface area contributed by atoms with Crippen molar-refractivity contribution in [2.24, 2.45) is 0 Å². The van der Waals surface area contributed by atoms with Crippen LogP contribution in [0.4, 0.5) is 11.4 Å². The molecule has 3 heteroatoms. The second kappa shape index (κ2) is 4.99. The molecule has 2 aromatic carbocycles. The van der Waals surface area contributed by atoms with Crippen molar-refractivity contribution in [3.05, 3.63) is 47.5 Å². The molecular formula is C14H16N2Te. The number of benzene rings is 2. The SMILES string of the molecule is Cc1ccc([Te]c2cccc(C)c2N)cc1N. The predicted molar refractivity (Wildman–Crippen MR) is 76.2 cm³/mol. The summed E-state index contributed by atoms with van der Waals surface area (Å²) in [5.41, 5.74) is 16.1. The van der Waals surface area contributed by atoms with Crippen LogP contribution in [0.25, 0.3) is 0 Å². The van der Waals surface area contributed by atoms with Crippen molar-refractivity contribution in [2.75, 3.05) is 11.5 Å². The van der Waals surface area contributed by atoms with Crippen LogP contribution < -0.4 is 18.7 Å². The summed E-state index contributed by atoms with van der Waals surface area (Å²) in [4.78, 5) is 0. The van der Waals surface area contributed by atoms with Crippen LogP contribution in [-0.4, -0.2) is 20.9 Å². The van der Waals surface area contributed by atoms with Gasteiger partial charge in [0.05, 0.1) is 0 Å². The quantitative estimate of drug-likeness (QED) is 0.636. The topological polar surface area (TPSA) is 52.0 Å². The summed E-state index contributed by atoms with van der Waals surface area (Å²) in [5.74, 6) is 0. The Morgan fingerprint density at radius 2 is 1.71 bits per heavy atom. The summed E-state index contributed by atoms with van der Waals surface area (Å²) in [6.07, 6.45) is 0. The second-order valence-corrected chi connectivity index (χ2v) is 7.29. The Kier molecular flexibility index (Phi) is 3.61. The van der Waals surface area contributed by atoms with Gasteiger partial charge in [-0.2, -0.15) is 0 Å². The molecule has 0 amide bonds. The maximum atomic E-state index is 6.10. The van der Waals surface area contributed by atoms with Gasteiger partial charge in [0, 0.05) is 0 Å². The van der Waals surface area contributed by atoms with E-state index in [0.717, 1.165) is 22.5 Å². The van der Waals surface area contributed by atoms with Gasteiger partial charge in [-0.15, -0.1) is 0 Å². The van der Waals surface area contributed by atoms with Gasteiger partial charge < -0.3 is 0 Å². The first kappa shape index (κ1) is 12.3. The maximum absolute atomic E-state index is 6.10. The third-order valence-corrected chi connectivity index (χ3v) is 5.80. The fraction of sp³-hybridized carbons (Fsp3) is 0.143. The standard InChI is InChI=1S/C14H16N2Te/c1-9-6-7-11(8-12(9)15)17-13-5-3-4-10(2)14(13)16/h3-8H,15-16H2,1-2H3. The summed E-state index contributed by atoms with van der Waals surface area (Å²) >= 11 is -0.440. The molecule has 0 fully saturated rings. The van der Waals surface area contributed by atoms with E-state index in [2.05, 4.69) is 43.3 Å². The Morgan fingerprint density at radius 3 is 2.41 bits per heavy atom. The van der Waals surface area contributed by atoms with Crippen molar-refractivity contribution >= 4 is 39.5 Å². The second-order valence-electron chi connectivity index (χ2n) is 4.11. The fourth-order valence-electron chi connectivity index (χ4n) is 1.55. The van der Waals surface area contributed by atoms with Crippen molar-refractivity contribution in [1.82, 2.24) is 0 Å². The Labute approximate surface area is 112 Å². The zero-order valence-corrected chi connectivity index (χ0v) is 12.4. The summed E-state index contributed by atoms with van der Waals surface area (Å²) in [5, 5.41) is 0. The van der Waals surface area contributed by atoms with Gasteiger partial charge in [0.1, 0.15) is 0 Å². The number of hydrogen-bond acceptors (Lipinski definition) is 2. The van der Waals surface area contributed by atoms with Crippen LogP contribution in [0.3, 0.4) is 0 Å².